The molecule has 3 rings (SSSR count). The van der Waals surface area contributed by atoms with Gasteiger partial charge in [-0.2, -0.15) is 0 Å². The molecule has 0 saturated heterocycles. The molecule has 2 unspecified atom stereocenters. The van der Waals surface area contributed by atoms with E-state index in [1.807, 2.05) is 0 Å². The third-order valence-electron chi connectivity index (χ3n) is 7.73. The van der Waals surface area contributed by atoms with Crippen LogP contribution >= 0.6 is 0 Å². The molecule has 1 aromatic rings. The zero-order chi connectivity index (χ0) is 21.3. The Bertz CT molecular complexity index is 563. The summed E-state index contributed by atoms with van der Waals surface area (Å²) in [6.07, 6.45) is 16.5. The van der Waals surface area contributed by atoms with Crippen molar-refractivity contribution in [2.75, 3.05) is 0 Å². The highest BCUT2D eigenvalue weighted by Crippen LogP contribution is 2.42. The highest BCUT2D eigenvalue weighted by Gasteiger charge is 2.34. The first-order valence-electron chi connectivity index (χ1n) is 13.0. The molecule has 0 bridgehead atoms. The van der Waals surface area contributed by atoms with Gasteiger partial charge in [-0.3, -0.25) is 0 Å². The van der Waals surface area contributed by atoms with E-state index in [9.17, 15) is 0 Å². The molecule has 1 aromatic carbocycles. The Labute approximate surface area is 186 Å². The summed E-state index contributed by atoms with van der Waals surface area (Å²) in [7, 11) is 0. The van der Waals surface area contributed by atoms with Crippen LogP contribution in [-0.4, -0.2) is 12.4 Å². The van der Waals surface area contributed by atoms with Crippen molar-refractivity contribution in [1.29, 1.82) is 0 Å². The topological polar surface area (TPSA) is 18.5 Å². The van der Waals surface area contributed by atoms with Crippen LogP contribution in [0.5, 0.6) is 5.75 Å². The van der Waals surface area contributed by atoms with Crippen LogP contribution in [0.25, 0.3) is 0 Å². The van der Waals surface area contributed by atoms with Crippen molar-refractivity contribution in [3.8, 4) is 5.75 Å². The Morgan fingerprint density at radius 1 is 0.800 bits per heavy atom. The second kappa shape index (κ2) is 12.1. The van der Waals surface area contributed by atoms with Crippen LogP contribution < -0.4 is 4.74 Å². The predicted octanol–water partition coefficient (Wildman–Crippen LogP) is 8.50. The van der Waals surface area contributed by atoms with Gasteiger partial charge in [0.15, 0.2) is 6.29 Å². The highest BCUT2D eigenvalue weighted by molar-refractivity contribution is 5.29. The molecule has 0 N–H and O–H groups in total. The Balaban J connectivity index is 1.71. The molecular weight excluding hydrogens is 368 g/mol. The number of rotatable bonds is 10. The monoisotopic (exact) mass is 414 g/mol. The van der Waals surface area contributed by atoms with Gasteiger partial charge in [-0.25, -0.2) is 0 Å². The summed E-state index contributed by atoms with van der Waals surface area (Å²) in [4.78, 5) is 0. The van der Waals surface area contributed by atoms with Crippen molar-refractivity contribution in [3.63, 3.8) is 0 Å². The summed E-state index contributed by atoms with van der Waals surface area (Å²) in [5, 5.41) is 0. The largest absolute Gasteiger partial charge is 0.465 e. The van der Waals surface area contributed by atoms with E-state index in [0.29, 0.717) is 5.92 Å². The molecule has 2 aliphatic carbocycles. The molecule has 0 heterocycles. The molecule has 0 aliphatic heterocycles. The molecule has 2 nitrogen and oxygen atoms in total. The van der Waals surface area contributed by atoms with Gasteiger partial charge in [0.1, 0.15) is 5.75 Å². The zero-order valence-corrected chi connectivity index (χ0v) is 20.1. The van der Waals surface area contributed by atoms with Gasteiger partial charge in [-0.1, -0.05) is 90.2 Å². The fourth-order valence-electron chi connectivity index (χ4n) is 5.81. The normalized spacial score (nSPS) is 21.1. The second-order valence-electron chi connectivity index (χ2n) is 10.3. The summed E-state index contributed by atoms with van der Waals surface area (Å²) >= 11 is 0. The van der Waals surface area contributed by atoms with Crippen LogP contribution in [0.15, 0.2) is 24.3 Å². The first-order valence-corrected chi connectivity index (χ1v) is 13.0. The van der Waals surface area contributed by atoms with Gasteiger partial charge < -0.3 is 9.47 Å². The second-order valence-corrected chi connectivity index (χ2v) is 10.3. The maximum Gasteiger partial charge on any atom is 0.200 e. The van der Waals surface area contributed by atoms with Gasteiger partial charge in [-0.15, -0.1) is 0 Å². The lowest BCUT2D eigenvalue weighted by atomic mass is 9.68. The molecule has 170 valence electrons. The van der Waals surface area contributed by atoms with Crippen LogP contribution in [0.2, 0.25) is 0 Å². The van der Waals surface area contributed by atoms with E-state index in [1.165, 1.54) is 76.2 Å². The van der Waals surface area contributed by atoms with Gasteiger partial charge >= 0.3 is 0 Å². The average molecular weight is 415 g/mol. The molecule has 2 aliphatic rings. The van der Waals surface area contributed by atoms with Crippen LogP contribution in [0.1, 0.15) is 116 Å². The lowest BCUT2D eigenvalue weighted by molar-refractivity contribution is -0.127. The van der Waals surface area contributed by atoms with Crippen LogP contribution in [0.4, 0.5) is 0 Å². The minimum absolute atomic E-state index is 0.131. The number of hydrogen-bond acceptors (Lipinski definition) is 2. The number of ether oxygens (including phenoxy) is 2. The van der Waals surface area contributed by atoms with Gasteiger partial charge in [0.2, 0.25) is 0 Å². The summed E-state index contributed by atoms with van der Waals surface area (Å²) < 4.78 is 12.8. The smallest absolute Gasteiger partial charge is 0.200 e. The fraction of sp³-hybridized carbons (Fsp3) is 0.786. The average Bonchev–Trinajstić information content (AvgIpc) is 2.78. The first-order chi connectivity index (χ1) is 14.6. The lowest BCUT2D eigenvalue weighted by Crippen LogP contribution is -2.34. The van der Waals surface area contributed by atoms with Crippen molar-refractivity contribution >= 4 is 0 Å². The molecule has 0 aromatic heterocycles. The fourth-order valence-corrected chi connectivity index (χ4v) is 5.81. The van der Waals surface area contributed by atoms with Crippen molar-refractivity contribution in [2.24, 2.45) is 17.8 Å². The maximum atomic E-state index is 6.48. The van der Waals surface area contributed by atoms with Crippen LogP contribution in [-0.2, 0) is 4.74 Å². The summed E-state index contributed by atoms with van der Waals surface area (Å²) in [5.41, 5.74) is 1.40. The van der Waals surface area contributed by atoms with Crippen molar-refractivity contribution in [1.82, 2.24) is 0 Å². The summed E-state index contributed by atoms with van der Waals surface area (Å²) in [6, 6.07) is 8.76. The van der Waals surface area contributed by atoms with E-state index in [2.05, 4.69) is 52.0 Å². The minimum Gasteiger partial charge on any atom is -0.465 e. The summed E-state index contributed by atoms with van der Waals surface area (Å²) in [6.45, 7) is 8.81. The molecule has 2 saturated carbocycles. The Morgan fingerprint density at radius 3 is 1.80 bits per heavy atom. The Kier molecular flexibility index (Phi) is 9.56. The summed E-state index contributed by atoms with van der Waals surface area (Å²) in [5.74, 6) is 4.06. The van der Waals surface area contributed by atoms with Crippen LogP contribution in [0.3, 0.4) is 0 Å². The maximum absolute atomic E-state index is 6.48. The van der Waals surface area contributed by atoms with Crippen LogP contribution in [0, 0.1) is 17.8 Å². The van der Waals surface area contributed by atoms with Gasteiger partial charge in [-0.05, 0) is 61.6 Å². The number of benzene rings is 1. The molecule has 0 amide bonds. The number of hydrogen-bond donors (Lipinski definition) is 0. The Morgan fingerprint density at radius 2 is 1.33 bits per heavy atom. The molecule has 2 fully saturated rings. The minimum atomic E-state index is -0.131. The molecule has 0 radical (unpaired) electrons. The van der Waals surface area contributed by atoms with E-state index in [0.717, 1.165) is 29.9 Å². The molecule has 2 atom stereocenters. The third-order valence-corrected chi connectivity index (χ3v) is 7.73. The lowest BCUT2D eigenvalue weighted by Gasteiger charge is -2.39. The zero-order valence-electron chi connectivity index (χ0n) is 20.1. The van der Waals surface area contributed by atoms with E-state index in [1.54, 1.807) is 0 Å². The molecule has 30 heavy (non-hydrogen) atoms. The highest BCUT2D eigenvalue weighted by atomic mass is 16.7. The van der Waals surface area contributed by atoms with Crippen molar-refractivity contribution in [3.05, 3.63) is 29.8 Å². The Hall–Kier alpha value is -1.02. The van der Waals surface area contributed by atoms with Gasteiger partial charge in [0.05, 0.1) is 6.10 Å². The van der Waals surface area contributed by atoms with Gasteiger partial charge in [0.25, 0.3) is 0 Å². The quantitative estimate of drug-likeness (QED) is 0.357. The standard InChI is InChI=1S/C28H46O2/c1-5-22(4)23-16-18-26(19-17-23)30-28(29-21(2)3)20-27(24-12-8-6-9-13-24)25-14-10-7-11-15-25/h16-19,21-22,24-25,27-28H,5-15,20H2,1-4H3. The SMILES string of the molecule is CCC(C)c1ccc(OC(CC(C2CCCCC2)C2CCCCC2)OC(C)C)cc1. The van der Waals surface area contributed by atoms with E-state index >= 15 is 0 Å². The van der Waals surface area contributed by atoms with Gasteiger partial charge in [0, 0.05) is 6.42 Å². The third kappa shape index (κ3) is 7.01. The first kappa shape index (κ1) is 23.6. The molecular formula is C28H46O2. The van der Waals surface area contributed by atoms with Crippen molar-refractivity contribution in [2.45, 2.75) is 123 Å². The molecule has 0 spiro atoms. The van der Waals surface area contributed by atoms with E-state index < -0.39 is 0 Å². The predicted molar refractivity (Wildman–Crippen MR) is 127 cm³/mol. The van der Waals surface area contributed by atoms with E-state index in [-0.39, 0.29) is 12.4 Å². The van der Waals surface area contributed by atoms with E-state index in [4.69, 9.17) is 9.47 Å². The van der Waals surface area contributed by atoms with Crippen molar-refractivity contribution < 1.29 is 9.47 Å². The molecule has 2 heteroatoms.